The zero-order valence-electron chi connectivity index (χ0n) is 38.6. The molecule has 6 nitrogen and oxygen atoms in total. The third-order valence-corrected chi connectivity index (χ3v) is 10.8. The summed E-state index contributed by atoms with van der Waals surface area (Å²) < 4.78 is 5.79. The topological polar surface area (TPSA) is 95.9 Å². The molecule has 0 saturated heterocycles. The standard InChI is InChI=1S/C53H93NO5/c1-4-7-10-13-16-19-21-23-25-26-27-28-30-33-35-38-41-44-49(59-53(58)46-43-40-37-32-18-15-12-9-6-3)47-52(57)54-50(48-55)51(56)45-42-39-36-34-31-29-24-22-20-17-14-11-8-5-2/h7,10,16,19,23,25,27-28,33,35,41,44,49-51,55-56H,4-6,8-9,11-15,17-18,20-22,24,26,29-32,34,36-40,42-43,45-48H2,1-3H3,(H,54,57)/b10-7-,19-16-,25-23-,28-27-,35-33-,44-41-. The fourth-order valence-electron chi connectivity index (χ4n) is 7.07. The molecular formula is C53H93NO5. The minimum absolute atomic E-state index is 0.0479. The molecule has 3 unspecified atom stereocenters. The normalized spacial score (nSPS) is 13.9. The first-order valence-electron chi connectivity index (χ1n) is 24.7. The molecule has 3 atom stereocenters. The SMILES string of the molecule is CC/C=C\C/C=C\C/C=C\C/C=C\C/C=C\C/C=C\C(CC(=O)NC(CO)C(O)CCCCCCCCCCCCCCCC)OC(=O)CCCCCCCCCCC. The number of hydrogen-bond donors (Lipinski definition) is 3. The van der Waals surface area contributed by atoms with Gasteiger partial charge in [-0.15, -0.1) is 0 Å². The van der Waals surface area contributed by atoms with E-state index in [1.54, 1.807) is 6.08 Å². The number of allylic oxidation sites excluding steroid dienone is 11. The van der Waals surface area contributed by atoms with Crippen molar-refractivity contribution >= 4 is 11.9 Å². The van der Waals surface area contributed by atoms with Crippen LogP contribution in [0.2, 0.25) is 0 Å². The summed E-state index contributed by atoms with van der Waals surface area (Å²) in [5, 5.41) is 23.7. The molecule has 0 aliphatic carbocycles. The van der Waals surface area contributed by atoms with Gasteiger partial charge in [0.2, 0.25) is 5.91 Å². The Balaban J connectivity index is 4.73. The molecule has 0 aliphatic heterocycles. The first-order chi connectivity index (χ1) is 29.0. The molecule has 6 heteroatoms. The summed E-state index contributed by atoms with van der Waals surface area (Å²) in [6.07, 6.45) is 58.5. The predicted octanol–water partition coefficient (Wildman–Crippen LogP) is 14.6. The number of ether oxygens (including phenoxy) is 1. The van der Waals surface area contributed by atoms with Gasteiger partial charge in [0.05, 0.1) is 25.2 Å². The predicted molar refractivity (Wildman–Crippen MR) is 255 cm³/mol. The fourth-order valence-corrected chi connectivity index (χ4v) is 7.07. The molecule has 340 valence electrons. The van der Waals surface area contributed by atoms with Gasteiger partial charge in [0, 0.05) is 6.42 Å². The van der Waals surface area contributed by atoms with Crippen LogP contribution in [-0.2, 0) is 14.3 Å². The van der Waals surface area contributed by atoms with Gasteiger partial charge in [-0.3, -0.25) is 9.59 Å². The number of carbonyl (C=O) groups is 2. The zero-order valence-corrected chi connectivity index (χ0v) is 38.6. The second kappa shape index (κ2) is 46.4. The van der Waals surface area contributed by atoms with Crippen molar-refractivity contribution in [3.63, 3.8) is 0 Å². The number of nitrogens with one attached hydrogen (secondary N) is 1. The first kappa shape index (κ1) is 56.3. The molecule has 0 bridgehead atoms. The molecule has 0 rings (SSSR count). The van der Waals surface area contributed by atoms with Crippen LogP contribution in [0.5, 0.6) is 0 Å². The van der Waals surface area contributed by atoms with Gasteiger partial charge in [-0.25, -0.2) is 0 Å². The summed E-state index contributed by atoms with van der Waals surface area (Å²) in [6.45, 7) is 6.31. The Labute approximate surface area is 364 Å². The fraction of sp³-hybridized carbons (Fsp3) is 0.736. The van der Waals surface area contributed by atoms with E-state index in [9.17, 15) is 19.8 Å². The second-order valence-electron chi connectivity index (χ2n) is 16.5. The highest BCUT2D eigenvalue weighted by molar-refractivity contribution is 5.78. The number of aliphatic hydroxyl groups excluding tert-OH is 2. The largest absolute Gasteiger partial charge is 0.458 e. The van der Waals surface area contributed by atoms with Gasteiger partial charge in [-0.1, -0.05) is 229 Å². The van der Waals surface area contributed by atoms with E-state index in [4.69, 9.17) is 4.74 Å². The number of unbranched alkanes of at least 4 members (excludes halogenated alkanes) is 21. The summed E-state index contributed by atoms with van der Waals surface area (Å²) in [4.78, 5) is 26.0. The Kier molecular flexibility index (Phi) is 44.2. The smallest absolute Gasteiger partial charge is 0.306 e. The van der Waals surface area contributed by atoms with E-state index in [0.29, 0.717) is 19.3 Å². The summed E-state index contributed by atoms with van der Waals surface area (Å²) in [5.74, 6) is -0.633. The Hall–Kier alpha value is -2.70. The van der Waals surface area contributed by atoms with E-state index in [1.165, 1.54) is 109 Å². The van der Waals surface area contributed by atoms with Gasteiger partial charge in [0.25, 0.3) is 0 Å². The van der Waals surface area contributed by atoms with Crippen LogP contribution in [0.1, 0.15) is 226 Å². The zero-order chi connectivity index (χ0) is 43.1. The summed E-state index contributed by atoms with van der Waals surface area (Å²) in [7, 11) is 0. The van der Waals surface area contributed by atoms with E-state index in [1.807, 2.05) is 6.08 Å². The number of esters is 1. The van der Waals surface area contributed by atoms with Crippen molar-refractivity contribution in [3.8, 4) is 0 Å². The highest BCUT2D eigenvalue weighted by Gasteiger charge is 2.23. The Bertz CT molecular complexity index is 1110. The Morgan fingerprint density at radius 2 is 0.881 bits per heavy atom. The van der Waals surface area contributed by atoms with Crippen molar-refractivity contribution in [1.29, 1.82) is 0 Å². The van der Waals surface area contributed by atoms with E-state index >= 15 is 0 Å². The number of carbonyl (C=O) groups excluding carboxylic acids is 2. The minimum Gasteiger partial charge on any atom is -0.458 e. The molecule has 1 amide bonds. The molecular weight excluding hydrogens is 731 g/mol. The van der Waals surface area contributed by atoms with E-state index in [0.717, 1.165) is 70.6 Å². The van der Waals surface area contributed by atoms with Crippen molar-refractivity contribution in [3.05, 3.63) is 72.9 Å². The molecule has 0 aromatic carbocycles. The second-order valence-corrected chi connectivity index (χ2v) is 16.5. The summed E-state index contributed by atoms with van der Waals surface area (Å²) in [5.41, 5.74) is 0. The van der Waals surface area contributed by atoms with Crippen LogP contribution >= 0.6 is 0 Å². The van der Waals surface area contributed by atoms with Crippen LogP contribution in [0.15, 0.2) is 72.9 Å². The monoisotopic (exact) mass is 824 g/mol. The molecule has 0 aromatic rings. The number of amides is 1. The van der Waals surface area contributed by atoms with E-state index in [-0.39, 0.29) is 24.9 Å². The van der Waals surface area contributed by atoms with Crippen LogP contribution in [-0.4, -0.2) is 46.9 Å². The van der Waals surface area contributed by atoms with Crippen molar-refractivity contribution in [2.75, 3.05) is 6.61 Å². The van der Waals surface area contributed by atoms with Crippen molar-refractivity contribution < 1.29 is 24.5 Å². The molecule has 0 radical (unpaired) electrons. The molecule has 0 saturated carbocycles. The highest BCUT2D eigenvalue weighted by Crippen LogP contribution is 2.16. The number of rotatable bonds is 43. The van der Waals surface area contributed by atoms with Crippen molar-refractivity contribution in [2.24, 2.45) is 0 Å². The quantitative estimate of drug-likeness (QED) is 0.0323. The van der Waals surface area contributed by atoms with Crippen LogP contribution in [0, 0.1) is 0 Å². The van der Waals surface area contributed by atoms with Gasteiger partial charge in [0.15, 0.2) is 0 Å². The molecule has 0 heterocycles. The average Bonchev–Trinajstić information content (AvgIpc) is 3.23. The minimum atomic E-state index is -0.820. The van der Waals surface area contributed by atoms with Gasteiger partial charge >= 0.3 is 5.97 Å². The maximum absolute atomic E-state index is 13.1. The van der Waals surface area contributed by atoms with Crippen LogP contribution < -0.4 is 5.32 Å². The van der Waals surface area contributed by atoms with Gasteiger partial charge in [-0.2, -0.15) is 0 Å². The van der Waals surface area contributed by atoms with Gasteiger partial charge < -0.3 is 20.3 Å². The van der Waals surface area contributed by atoms with Crippen molar-refractivity contribution in [2.45, 2.75) is 244 Å². The Morgan fingerprint density at radius 1 is 0.508 bits per heavy atom. The maximum atomic E-state index is 13.1. The highest BCUT2D eigenvalue weighted by atomic mass is 16.5. The lowest BCUT2D eigenvalue weighted by Crippen LogP contribution is -2.46. The molecule has 0 fully saturated rings. The van der Waals surface area contributed by atoms with Gasteiger partial charge in [0.1, 0.15) is 6.10 Å². The Morgan fingerprint density at radius 3 is 1.29 bits per heavy atom. The summed E-state index contributed by atoms with van der Waals surface area (Å²) in [6, 6.07) is -0.743. The number of hydrogen-bond acceptors (Lipinski definition) is 5. The lowest BCUT2D eigenvalue weighted by Gasteiger charge is -2.23. The molecule has 0 spiro atoms. The van der Waals surface area contributed by atoms with Crippen LogP contribution in [0.3, 0.4) is 0 Å². The maximum Gasteiger partial charge on any atom is 0.306 e. The third-order valence-electron chi connectivity index (χ3n) is 10.8. The van der Waals surface area contributed by atoms with Crippen LogP contribution in [0.25, 0.3) is 0 Å². The average molecular weight is 824 g/mol. The first-order valence-corrected chi connectivity index (χ1v) is 24.7. The van der Waals surface area contributed by atoms with Gasteiger partial charge in [-0.05, 0) is 57.4 Å². The third kappa shape index (κ3) is 41.8. The molecule has 0 aliphatic rings. The lowest BCUT2D eigenvalue weighted by molar-refractivity contribution is -0.148. The summed E-state index contributed by atoms with van der Waals surface area (Å²) >= 11 is 0. The van der Waals surface area contributed by atoms with E-state index in [2.05, 4.69) is 86.8 Å². The lowest BCUT2D eigenvalue weighted by atomic mass is 10.0. The molecule has 59 heavy (non-hydrogen) atoms. The van der Waals surface area contributed by atoms with Crippen LogP contribution in [0.4, 0.5) is 0 Å². The molecule has 0 aromatic heterocycles. The number of aliphatic hydroxyl groups is 2. The van der Waals surface area contributed by atoms with E-state index < -0.39 is 18.2 Å². The van der Waals surface area contributed by atoms with Crippen molar-refractivity contribution in [1.82, 2.24) is 5.32 Å². The molecule has 3 N–H and O–H groups in total.